The first kappa shape index (κ1) is 13.1. The number of aryl methyl sites for hydroxylation is 1. The smallest absolute Gasteiger partial charge is 0.299 e. The Kier molecular flexibility index (Phi) is 3.81. The molecule has 4 nitrogen and oxygen atoms in total. The van der Waals surface area contributed by atoms with E-state index < -0.39 is 5.82 Å². The lowest BCUT2D eigenvalue weighted by Gasteiger charge is -2.05. The quantitative estimate of drug-likeness (QED) is 0.844. The van der Waals surface area contributed by atoms with Crippen molar-refractivity contribution in [2.24, 2.45) is 0 Å². The van der Waals surface area contributed by atoms with Gasteiger partial charge in [0.15, 0.2) is 0 Å². The number of aromatic nitrogens is 2. The Labute approximate surface area is 110 Å². The van der Waals surface area contributed by atoms with Gasteiger partial charge in [-0.05, 0) is 30.2 Å². The highest BCUT2D eigenvalue weighted by molar-refractivity contribution is 5.37. The van der Waals surface area contributed by atoms with Gasteiger partial charge in [0, 0.05) is 18.9 Å². The first-order valence-electron chi connectivity index (χ1n) is 6.09. The van der Waals surface area contributed by atoms with Crippen molar-refractivity contribution in [1.82, 2.24) is 9.13 Å². The number of halogens is 1. The predicted molar refractivity (Wildman–Crippen MR) is 69.2 cm³/mol. The number of hydrogen-bond acceptors (Lipinski definition) is 2. The van der Waals surface area contributed by atoms with E-state index in [1.165, 1.54) is 22.8 Å². The number of imidazole rings is 1. The standard InChI is InChI=1S/C14H14FN3O/c1-2-5-17-6-7-18(14(17)19)10-12-8-13(15)4-3-11(12)9-16/h3-4,6-8H,2,5,10H2,1H3. The van der Waals surface area contributed by atoms with Crippen molar-refractivity contribution >= 4 is 0 Å². The maximum atomic E-state index is 13.2. The fourth-order valence-corrected chi connectivity index (χ4v) is 1.97. The second kappa shape index (κ2) is 5.53. The lowest BCUT2D eigenvalue weighted by molar-refractivity contribution is 0.613. The van der Waals surface area contributed by atoms with Gasteiger partial charge in [0.25, 0.3) is 0 Å². The van der Waals surface area contributed by atoms with Crippen LogP contribution in [0.3, 0.4) is 0 Å². The molecule has 0 spiro atoms. The Morgan fingerprint density at radius 2 is 2.05 bits per heavy atom. The molecule has 0 aliphatic rings. The summed E-state index contributed by atoms with van der Waals surface area (Å²) in [4.78, 5) is 12.0. The summed E-state index contributed by atoms with van der Waals surface area (Å²) >= 11 is 0. The molecular weight excluding hydrogens is 245 g/mol. The Morgan fingerprint density at radius 3 is 2.74 bits per heavy atom. The summed E-state index contributed by atoms with van der Waals surface area (Å²) in [6.45, 7) is 2.85. The second-order valence-corrected chi connectivity index (χ2v) is 4.32. The molecule has 5 heteroatoms. The molecule has 2 rings (SSSR count). The minimum Gasteiger partial charge on any atom is -0.299 e. The summed E-state index contributed by atoms with van der Waals surface area (Å²) in [5, 5.41) is 8.98. The van der Waals surface area contributed by atoms with Gasteiger partial charge in [-0.25, -0.2) is 9.18 Å². The van der Waals surface area contributed by atoms with Crippen molar-refractivity contribution in [3.05, 3.63) is 58.0 Å². The summed E-state index contributed by atoms with van der Waals surface area (Å²) in [6, 6.07) is 5.97. The third-order valence-electron chi connectivity index (χ3n) is 2.91. The number of nitrogens with zero attached hydrogens (tertiary/aromatic N) is 3. The average Bonchev–Trinajstić information content (AvgIpc) is 2.73. The monoisotopic (exact) mass is 259 g/mol. The van der Waals surface area contributed by atoms with Gasteiger partial charge in [-0.15, -0.1) is 0 Å². The van der Waals surface area contributed by atoms with Gasteiger partial charge in [0.05, 0.1) is 18.2 Å². The molecule has 0 aliphatic carbocycles. The van der Waals surface area contributed by atoms with Gasteiger partial charge in [-0.3, -0.25) is 9.13 Å². The van der Waals surface area contributed by atoms with Crippen LogP contribution in [0.4, 0.5) is 4.39 Å². The number of nitriles is 1. The molecule has 0 N–H and O–H groups in total. The van der Waals surface area contributed by atoms with Crippen LogP contribution in [0.1, 0.15) is 24.5 Å². The second-order valence-electron chi connectivity index (χ2n) is 4.32. The summed E-state index contributed by atoms with van der Waals surface area (Å²) in [5.41, 5.74) is 0.755. The van der Waals surface area contributed by atoms with E-state index in [1.54, 1.807) is 17.0 Å². The zero-order chi connectivity index (χ0) is 13.8. The molecule has 0 amide bonds. The molecule has 0 saturated heterocycles. The van der Waals surface area contributed by atoms with Crippen LogP contribution in [0.15, 0.2) is 35.4 Å². The number of hydrogen-bond donors (Lipinski definition) is 0. The van der Waals surface area contributed by atoms with E-state index in [4.69, 9.17) is 5.26 Å². The van der Waals surface area contributed by atoms with E-state index in [0.29, 0.717) is 17.7 Å². The van der Waals surface area contributed by atoms with Crippen LogP contribution >= 0.6 is 0 Å². The molecular formula is C14H14FN3O. The summed E-state index contributed by atoms with van der Waals surface area (Å²) in [6.07, 6.45) is 4.23. The highest BCUT2D eigenvalue weighted by atomic mass is 19.1. The van der Waals surface area contributed by atoms with E-state index in [-0.39, 0.29) is 12.2 Å². The largest absolute Gasteiger partial charge is 0.328 e. The van der Waals surface area contributed by atoms with Crippen LogP contribution < -0.4 is 5.69 Å². The van der Waals surface area contributed by atoms with Crippen molar-refractivity contribution in [3.63, 3.8) is 0 Å². The summed E-state index contributed by atoms with van der Waals surface area (Å²) in [5.74, 6) is -0.407. The van der Waals surface area contributed by atoms with Gasteiger partial charge in [0.1, 0.15) is 5.82 Å². The first-order chi connectivity index (χ1) is 9.15. The van der Waals surface area contributed by atoms with Crippen LogP contribution in [-0.2, 0) is 13.1 Å². The topological polar surface area (TPSA) is 50.7 Å². The fourth-order valence-electron chi connectivity index (χ4n) is 1.97. The molecule has 0 fully saturated rings. The minimum atomic E-state index is -0.407. The molecule has 19 heavy (non-hydrogen) atoms. The molecule has 1 aromatic heterocycles. The molecule has 0 unspecified atom stereocenters. The average molecular weight is 259 g/mol. The van der Waals surface area contributed by atoms with E-state index in [2.05, 4.69) is 0 Å². The highest BCUT2D eigenvalue weighted by Gasteiger charge is 2.08. The van der Waals surface area contributed by atoms with Crippen LogP contribution in [0.2, 0.25) is 0 Å². The maximum Gasteiger partial charge on any atom is 0.328 e. The predicted octanol–water partition coefficient (Wildman–Crippen LogP) is 2.12. The van der Waals surface area contributed by atoms with Crippen molar-refractivity contribution in [2.45, 2.75) is 26.4 Å². The lowest BCUT2D eigenvalue weighted by Crippen LogP contribution is -2.24. The van der Waals surface area contributed by atoms with E-state index in [1.807, 2.05) is 13.0 Å². The van der Waals surface area contributed by atoms with Gasteiger partial charge in [0.2, 0.25) is 0 Å². The van der Waals surface area contributed by atoms with E-state index in [9.17, 15) is 9.18 Å². The minimum absolute atomic E-state index is 0.144. The highest BCUT2D eigenvalue weighted by Crippen LogP contribution is 2.11. The van der Waals surface area contributed by atoms with Gasteiger partial charge >= 0.3 is 5.69 Å². The fraction of sp³-hybridized carbons (Fsp3) is 0.286. The lowest BCUT2D eigenvalue weighted by atomic mass is 10.1. The normalized spacial score (nSPS) is 10.4. The SMILES string of the molecule is CCCn1ccn(Cc2cc(F)ccc2C#N)c1=O. The zero-order valence-electron chi connectivity index (χ0n) is 10.6. The van der Waals surface area contributed by atoms with Gasteiger partial charge in [-0.1, -0.05) is 6.92 Å². The van der Waals surface area contributed by atoms with Crippen LogP contribution in [0.25, 0.3) is 0 Å². The third-order valence-corrected chi connectivity index (χ3v) is 2.91. The Morgan fingerprint density at radius 1 is 1.32 bits per heavy atom. The van der Waals surface area contributed by atoms with Crippen molar-refractivity contribution in [3.8, 4) is 6.07 Å². The van der Waals surface area contributed by atoms with Crippen molar-refractivity contribution in [2.75, 3.05) is 0 Å². The molecule has 0 atom stereocenters. The third kappa shape index (κ3) is 2.74. The Hall–Kier alpha value is -2.35. The molecule has 98 valence electrons. The molecule has 0 saturated carbocycles. The van der Waals surface area contributed by atoms with Crippen LogP contribution in [-0.4, -0.2) is 9.13 Å². The molecule has 1 aromatic carbocycles. The molecule has 0 radical (unpaired) electrons. The summed E-state index contributed by atoms with van der Waals surface area (Å²) in [7, 11) is 0. The van der Waals surface area contributed by atoms with Crippen LogP contribution in [0, 0.1) is 17.1 Å². The Bertz CT molecular complexity index is 679. The van der Waals surface area contributed by atoms with Crippen molar-refractivity contribution in [1.29, 1.82) is 5.26 Å². The van der Waals surface area contributed by atoms with Crippen LogP contribution in [0.5, 0.6) is 0 Å². The zero-order valence-corrected chi connectivity index (χ0v) is 10.6. The van der Waals surface area contributed by atoms with Gasteiger partial charge < -0.3 is 0 Å². The van der Waals surface area contributed by atoms with Gasteiger partial charge in [-0.2, -0.15) is 5.26 Å². The first-order valence-corrected chi connectivity index (χ1v) is 6.09. The number of benzene rings is 1. The molecule has 0 bridgehead atoms. The van der Waals surface area contributed by atoms with E-state index >= 15 is 0 Å². The number of rotatable bonds is 4. The van der Waals surface area contributed by atoms with Crippen molar-refractivity contribution < 1.29 is 4.39 Å². The Balaban J connectivity index is 2.34. The summed E-state index contributed by atoms with van der Waals surface area (Å²) < 4.78 is 16.3. The molecule has 1 heterocycles. The van der Waals surface area contributed by atoms with E-state index in [0.717, 1.165) is 6.42 Å². The molecule has 2 aromatic rings. The molecule has 0 aliphatic heterocycles. The maximum absolute atomic E-state index is 13.2.